The van der Waals surface area contributed by atoms with Crippen molar-refractivity contribution in [1.29, 1.82) is 5.26 Å². The molecule has 0 bridgehead atoms. The van der Waals surface area contributed by atoms with Gasteiger partial charge in [0.1, 0.15) is 11.6 Å². The lowest BCUT2D eigenvalue weighted by molar-refractivity contribution is -0.141. The van der Waals surface area contributed by atoms with Gasteiger partial charge in [0.2, 0.25) is 0 Å². The molecule has 1 heterocycles. The number of nitrogens with zero attached hydrogens (tertiary/aromatic N) is 3. The third kappa shape index (κ3) is 3.24. The Labute approximate surface area is 146 Å². The first-order chi connectivity index (χ1) is 11.8. The van der Waals surface area contributed by atoms with E-state index in [1.165, 1.54) is 0 Å². The Kier molecular flexibility index (Phi) is 4.27. The molecule has 0 N–H and O–H groups in total. The van der Waals surface area contributed by atoms with Crippen molar-refractivity contribution >= 4 is 11.6 Å². The molecule has 0 unspecified atom stereocenters. The van der Waals surface area contributed by atoms with Crippen molar-refractivity contribution in [3.8, 4) is 23.0 Å². The largest absolute Gasteiger partial charge is 0.436 e. The number of aryl methyl sites for hydroxylation is 1. The molecule has 0 amide bonds. The highest BCUT2D eigenvalue weighted by molar-refractivity contribution is 6.30. The Balaban J connectivity index is 2.33. The van der Waals surface area contributed by atoms with Gasteiger partial charge in [-0.3, -0.25) is 0 Å². The third-order valence-corrected chi connectivity index (χ3v) is 3.91. The minimum atomic E-state index is -4.73. The molecule has 0 saturated heterocycles. The van der Waals surface area contributed by atoms with Crippen LogP contribution < -0.4 is 0 Å². The fraction of sp³-hybridized carbons (Fsp3) is 0.111. The Hall–Kier alpha value is -2.78. The first-order valence-electron chi connectivity index (χ1n) is 7.24. The molecule has 3 aromatic rings. The van der Waals surface area contributed by atoms with Crippen LogP contribution in [-0.2, 0) is 6.18 Å². The van der Waals surface area contributed by atoms with E-state index in [1.807, 2.05) is 6.92 Å². The molecule has 3 rings (SSSR count). The second-order valence-electron chi connectivity index (χ2n) is 5.44. The molecule has 1 aromatic heterocycles. The summed E-state index contributed by atoms with van der Waals surface area (Å²) in [5.74, 6) is 0. The van der Waals surface area contributed by atoms with Crippen LogP contribution in [0, 0.1) is 18.3 Å². The van der Waals surface area contributed by atoms with Gasteiger partial charge in [-0.05, 0) is 31.2 Å². The summed E-state index contributed by atoms with van der Waals surface area (Å²) in [5.41, 5.74) is 0.187. The van der Waals surface area contributed by atoms with Crippen molar-refractivity contribution in [2.75, 3.05) is 0 Å². The van der Waals surface area contributed by atoms with Gasteiger partial charge < -0.3 is 0 Å². The third-order valence-electron chi connectivity index (χ3n) is 3.66. The number of rotatable bonds is 2. The van der Waals surface area contributed by atoms with Gasteiger partial charge in [0.25, 0.3) is 0 Å². The van der Waals surface area contributed by atoms with Gasteiger partial charge in [0.15, 0.2) is 5.69 Å². The number of alkyl halides is 3. The molecule has 0 aliphatic heterocycles. The van der Waals surface area contributed by atoms with Crippen LogP contribution in [0.25, 0.3) is 16.9 Å². The fourth-order valence-corrected chi connectivity index (χ4v) is 2.60. The van der Waals surface area contributed by atoms with Crippen LogP contribution in [0.2, 0.25) is 5.02 Å². The second kappa shape index (κ2) is 6.26. The maximum Gasteiger partial charge on any atom is 0.436 e. The predicted octanol–water partition coefficient (Wildman–Crippen LogP) is 5.39. The SMILES string of the molecule is Cc1ccc(-c2c(C#N)c(C(F)(F)F)nn2-c2ccc(Cl)cc2)cc1. The molecule has 25 heavy (non-hydrogen) atoms. The highest BCUT2D eigenvalue weighted by Crippen LogP contribution is 2.37. The van der Waals surface area contributed by atoms with Crippen LogP contribution in [0.15, 0.2) is 48.5 Å². The summed E-state index contributed by atoms with van der Waals surface area (Å²) in [6.45, 7) is 1.87. The van der Waals surface area contributed by atoms with Crippen molar-refractivity contribution in [2.24, 2.45) is 0 Å². The molecule has 0 atom stereocenters. The van der Waals surface area contributed by atoms with E-state index in [9.17, 15) is 18.4 Å². The molecule has 7 heteroatoms. The summed E-state index contributed by atoms with van der Waals surface area (Å²) in [6.07, 6.45) is -4.73. The molecule has 0 spiro atoms. The Morgan fingerprint density at radius 1 is 1.04 bits per heavy atom. The summed E-state index contributed by atoms with van der Waals surface area (Å²) < 4.78 is 41.1. The lowest BCUT2D eigenvalue weighted by Gasteiger charge is -2.08. The molecule has 0 aliphatic rings. The van der Waals surface area contributed by atoms with Gasteiger partial charge in [0.05, 0.1) is 11.4 Å². The summed E-state index contributed by atoms with van der Waals surface area (Å²) in [7, 11) is 0. The lowest BCUT2D eigenvalue weighted by atomic mass is 10.0. The van der Waals surface area contributed by atoms with Crippen molar-refractivity contribution in [1.82, 2.24) is 9.78 Å². The van der Waals surface area contributed by atoms with E-state index in [0.29, 0.717) is 16.3 Å². The molecule has 0 fully saturated rings. The first-order valence-corrected chi connectivity index (χ1v) is 7.62. The minimum absolute atomic E-state index is 0.0946. The van der Waals surface area contributed by atoms with E-state index in [1.54, 1.807) is 54.6 Å². The van der Waals surface area contributed by atoms with Gasteiger partial charge >= 0.3 is 6.18 Å². The van der Waals surface area contributed by atoms with Crippen molar-refractivity contribution in [3.05, 3.63) is 70.4 Å². The summed E-state index contributed by atoms with van der Waals surface area (Å²) in [4.78, 5) is 0. The maximum atomic E-state index is 13.3. The number of hydrogen-bond acceptors (Lipinski definition) is 2. The smallest absolute Gasteiger partial charge is 0.231 e. The number of hydrogen-bond donors (Lipinski definition) is 0. The zero-order chi connectivity index (χ0) is 18.2. The van der Waals surface area contributed by atoms with E-state index >= 15 is 0 Å². The number of benzene rings is 2. The highest BCUT2D eigenvalue weighted by atomic mass is 35.5. The topological polar surface area (TPSA) is 41.6 Å². The van der Waals surface area contributed by atoms with Crippen molar-refractivity contribution in [3.63, 3.8) is 0 Å². The van der Waals surface area contributed by atoms with E-state index in [2.05, 4.69) is 5.10 Å². The number of aromatic nitrogens is 2. The first kappa shape index (κ1) is 17.1. The Morgan fingerprint density at radius 2 is 1.64 bits per heavy atom. The van der Waals surface area contributed by atoms with E-state index in [4.69, 9.17) is 11.6 Å². The number of halogens is 4. The lowest BCUT2D eigenvalue weighted by Crippen LogP contribution is -2.08. The molecule has 0 aliphatic carbocycles. The molecule has 0 saturated carbocycles. The van der Waals surface area contributed by atoms with Gasteiger partial charge in [-0.25, -0.2) is 4.68 Å². The molecular formula is C18H11ClF3N3. The van der Waals surface area contributed by atoms with E-state index < -0.39 is 17.4 Å². The van der Waals surface area contributed by atoms with Crippen LogP contribution in [0.5, 0.6) is 0 Å². The standard InChI is InChI=1S/C18H11ClF3N3/c1-11-2-4-12(5-3-11)16-15(10-23)17(18(20,21)22)24-25(16)14-8-6-13(19)7-9-14/h2-9H,1H3. The average Bonchev–Trinajstić information content (AvgIpc) is 2.96. The van der Waals surface area contributed by atoms with Gasteiger partial charge in [-0.1, -0.05) is 41.4 Å². The normalized spacial score (nSPS) is 11.4. The Bertz CT molecular complexity index is 949. The zero-order valence-electron chi connectivity index (χ0n) is 13.0. The Morgan fingerprint density at radius 3 is 2.16 bits per heavy atom. The monoisotopic (exact) mass is 361 g/mol. The summed E-state index contributed by atoms with van der Waals surface area (Å²) in [6, 6.07) is 14.7. The average molecular weight is 362 g/mol. The molecule has 0 radical (unpaired) electrons. The van der Waals surface area contributed by atoms with E-state index in [0.717, 1.165) is 10.2 Å². The van der Waals surface area contributed by atoms with Crippen LogP contribution in [0.4, 0.5) is 13.2 Å². The molecule has 2 aromatic carbocycles. The van der Waals surface area contributed by atoms with Crippen molar-refractivity contribution < 1.29 is 13.2 Å². The van der Waals surface area contributed by atoms with Gasteiger partial charge in [-0.15, -0.1) is 0 Å². The minimum Gasteiger partial charge on any atom is -0.231 e. The molecular weight excluding hydrogens is 351 g/mol. The molecule has 126 valence electrons. The van der Waals surface area contributed by atoms with Crippen LogP contribution in [-0.4, -0.2) is 9.78 Å². The fourth-order valence-electron chi connectivity index (χ4n) is 2.47. The quantitative estimate of drug-likeness (QED) is 0.614. The predicted molar refractivity (Wildman–Crippen MR) is 88.5 cm³/mol. The molecule has 3 nitrogen and oxygen atoms in total. The maximum absolute atomic E-state index is 13.3. The van der Waals surface area contributed by atoms with E-state index in [-0.39, 0.29) is 5.69 Å². The van der Waals surface area contributed by atoms with Crippen molar-refractivity contribution in [2.45, 2.75) is 13.1 Å². The van der Waals surface area contributed by atoms with Crippen LogP contribution in [0.1, 0.15) is 16.8 Å². The second-order valence-corrected chi connectivity index (χ2v) is 5.87. The summed E-state index contributed by atoms with van der Waals surface area (Å²) in [5, 5.41) is 13.5. The summed E-state index contributed by atoms with van der Waals surface area (Å²) >= 11 is 5.85. The van der Waals surface area contributed by atoms with Crippen LogP contribution in [0.3, 0.4) is 0 Å². The number of nitriles is 1. The van der Waals surface area contributed by atoms with Crippen LogP contribution >= 0.6 is 11.6 Å². The van der Waals surface area contributed by atoms with Gasteiger partial charge in [-0.2, -0.15) is 23.5 Å². The zero-order valence-corrected chi connectivity index (χ0v) is 13.7. The van der Waals surface area contributed by atoms with Gasteiger partial charge in [0, 0.05) is 10.6 Å². The highest BCUT2D eigenvalue weighted by Gasteiger charge is 2.40.